The second kappa shape index (κ2) is 6.80. The van der Waals surface area contributed by atoms with Crippen LogP contribution in [0.3, 0.4) is 0 Å². The van der Waals surface area contributed by atoms with Gasteiger partial charge in [0.15, 0.2) is 5.69 Å². The van der Waals surface area contributed by atoms with Gasteiger partial charge < -0.3 is 15.5 Å². The number of hydrogen-bond acceptors (Lipinski definition) is 5. The Morgan fingerprint density at radius 1 is 1.41 bits per heavy atom. The SMILES string of the molecule is CCN(C)CCNC(=O)c1ccc(NC)nn1. The lowest BCUT2D eigenvalue weighted by atomic mass is 10.3. The zero-order valence-corrected chi connectivity index (χ0v) is 10.5. The Hall–Kier alpha value is -1.69. The second-order valence-corrected chi connectivity index (χ2v) is 3.71. The van der Waals surface area contributed by atoms with Gasteiger partial charge in [0, 0.05) is 20.1 Å². The molecule has 0 aliphatic heterocycles. The summed E-state index contributed by atoms with van der Waals surface area (Å²) in [6.45, 7) is 4.47. The van der Waals surface area contributed by atoms with Gasteiger partial charge in [-0.15, -0.1) is 10.2 Å². The number of hydrogen-bond donors (Lipinski definition) is 2. The van der Waals surface area contributed by atoms with Crippen molar-refractivity contribution in [3.63, 3.8) is 0 Å². The molecule has 0 unspecified atom stereocenters. The maximum Gasteiger partial charge on any atom is 0.271 e. The number of nitrogens with zero attached hydrogens (tertiary/aromatic N) is 3. The summed E-state index contributed by atoms with van der Waals surface area (Å²) >= 11 is 0. The number of amides is 1. The van der Waals surface area contributed by atoms with Gasteiger partial charge in [0.1, 0.15) is 5.82 Å². The van der Waals surface area contributed by atoms with Crippen LogP contribution in [0.1, 0.15) is 17.4 Å². The van der Waals surface area contributed by atoms with Crippen LogP contribution in [-0.4, -0.2) is 54.7 Å². The summed E-state index contributed by atoms with van der Waals surface area (Å²) < 4.78 is 0. The van der Waals surface area contributed by atoms with Gasteiger partial charge in [-0.05, 0) is 25.7 Å². The molecule has 1 aromatic rings. The van der Waals surface area contributed by atoms with Crippen LogP contribution in [-0.2, 0) is 0 Å². The average Bonchev–Trinajstić information content (AvgIpc) is 2.38. The first-order valence-corrected chi connectivity index (χ1v) is 5.65. The maximum atomic E-state index is 11.7. The van der Waals surface area contributed by atoms with Crippen LogP contribution in [0.15, 0.2) is 12.1 Å². The molecular formula is C11H19N5O. The highest BCUT2D eigenvalue weighted by atomic mass is 16.1. The summed E-state index contributed by atoms with van der Waals surface area (Å²) in [5, 5.41) is 13.3. The summed E-state index contributed by atoms with van der Waals surface area (Å²) in [4.78, 5) is 13.8. The number of aromatic nitrogens is 2. The lowest BCUT2D eigenvalue weighted by Crippen LogP contribution is -2.33. The fourth-order valence-electron chi connectivity index (χ4n) is 1.20. The molecule has 17 heavy (non-hydrogen) atoms. The second-order valence-electron chi connectivity index (χ2n) is 3.71. The van der Waals surface area contributed by atoms with Gasteiger partial charge in [-0.2, -0.15) is 0 Å². The van der Waals surface area contributed by atoms with Crippen LogP contribution in [0.5, 0.6) is 0 Å². The third-order valence-corrected chi connectivity index (χ3v) is 2.47. The molecule has 1 amide bonds. The molecule has 0 spiro atoms. The molecule has 0 fully saturated rings. The summed E-state index contributed by atoms with van der Waals surface area (Å²) in [7, 11) is 3.76. The molecule has 0 atom stereocenters. The molecule has 0 saturated carbocycles. The van der Waals surface area contributed by atoms with E-state index in [-0.39, 0.29) is 5.91 Å². The minimum Gasteiger partial charge on any atom is -0.372 e. The Balaban J connectivity index is 2.41. The van der Waals surface area contributed by atoms with E-state index in [4.69, 9.17) is 0 Å². The Labute approximate surface area is 101 Å². The van der Waals surface area contributed by atoms with E-state index in [2.05, 4.69) is 32.7 Å². The molecular weight excluding hydrogens is 218 g/mol. The number of nitrogens with one attached hydrogen (secondary N) is 2. The fourth-order valence-corrected chi connectivity index (χ4v) is 1.20. The summed E-state index contributed by atoms with van der Waals surface area (Å²) in [6, 6.07) is 3.37. The topological polar surface area (TPSA) is 70.2 Å². The molecule has 0 saturated heterocycles. The van der Waals surface area contributed by atoms with Crippen molar-refractivity contribution in [2.75, 3.05) is 39.0 Å². The largest absolute Gasteiger partial charge is 0.372 e. The highest BCUT2D eigenvalue weighted by molar-refractivity contribution is 5.92. The van der Waals surface area contributed by atoms with Crippen molar-refractivity contribution >= 4 is 11.7 Å². The summed E-state index contributed by atoms with van der Waals surface area (Å²) in [6.07, 6.45) is 0. The third-order valence-electron chi connectivity index (χ3n) is 2.47. The maximum absolute atomic E-state index is 11.7. The summed E-state index contributed by atoms with van der Waals surface area (Å²) in [5.74, 6) is 0.455. The van der Waals surface area contributed by atoms with Gasteiger partial charge in [-0.1, -0.05) is 6.92 Å². The average molecular weight is 237 g/mol. The molecule has 0 aliphatic rings. The molecule has 6 nitrogen and oxygen atoms in total. The van der Waals surface area contributed by atoms with Gasteiger partial charge in [0.25, 0.3) is 5.91 Å². The lowest BCUT2D eigenvalue weighted by molar-refractivity contribution is 0.0944. The first-order valence-electron chi connectivity index (χ1n) is 5.65. The van der Waals surface area contributed by atoms with Crippen LogP contribution < -0.4 is 10.6 Å². The molecule has 1 heterocycles. The predicted molar refractivity (Wildman–Crippen MR) is 67.1 cm³/mol. The van der Waals surface area contributed by atoms with Crippen molar-refractivity contribution in [3.8, 4) is 0 Å². The zero-order valence-electron chi connectivity index (χ0n) is 10.5. The van der Waals surface area contributed by atoms with Crippen LogP contribution in [0, 0.1) is 0 Å². The molecule has 1 aromatic heterocycles. The first kappa shape index (κ1) is 13.4. The van der Waals surface area contributed by atoms with E-state index in [1.54, 1.807) is 19.2 Å². The zero-order chi connectivity index (χ0) is 12.7. The number of carbonyl (C=O) groups excluding carboxylic acids is 1. The third kappa shape index (κ3) is 4.36. The number of carbonyl (C=O) groups is 1. The standard InChI is InChI=1S/C11H19N5O/c1-4-16(3)8-7-13-11(17)9-5-6-10(12-2)15-14-9/h5-6H,4,7-8H2,1-3H3,(H,12,15)(H,13,17). The van der Waals surface area contributed by atoms with Gasteiger partial charge in [0.05, 0.1) is 0 Å². The summed E-state index contributed by atoms with van der Waals surface area (Å²) in [5.41, 5.74) is 0.336. The molecule has 0 bridgehead atoms. The Morgan fingerprint density at radius 3 is 2.71 bits per heavy atom. The van der Waals surface area contributed by atoms with E-state index in [9.17, 15) is 4.79 Å². The minimum atomic E-state index is -0.190. The predicted octanol–water partition coefficient (Wildman–Crippen LogP) is 0.200. The normalized spacial score (nSPS) is 10.4. The minimum absolute atomic E-state index is 0.190. The van der Waals surface area contributed by atoms with Gasteiger partial charge in [0.2, 0.25) is 0 Å². The van der Waals surface area contributed by atoms with E-state index in [1.807, 2.05) is 7.05 Å². The Morgan fingerprint density at radius 2 is 2.18 bits per heavy atom. The number of likely N-dealkylation sites (N-methyl/N-ethyl adjacent to an activating group) is 1. The molecule has 2 N–H and O–H groups in total. The van der Waals surface area contributed by atoms with E-state index >= 15 is 0 Å². The van der Waals surface area contributed by atoms with Crippen LogP contribution >= 0.6 is 0 Å². The van der Waals surface area contributed by atoms with Crippen molar-refractivity contribution in [1.29, 1.82) is 0 Å². The van der Waals surface area contributed by atoms with E-state index in [1.165, 1.54) is 0 Å². The number of anilines is 1. The van der Waals surface area contributed by atoms with Gasteiger partial charge in [-0.25, -0.2) is 0 Å². The van der Waals surface area contributed by atoms with Gasteiger partial charge in [-0.3, -0.25) is 4.79 Å². The lowest BCUT2D eigenvalue weighted by Gasteiger charge is -2.13. The van der Waals surface area contributed by atoms with E-state index in [0.717, 1.165) is 13.1 Å². The van der Waals surface area contributed by atoms with E-state index < -0.39 is 0 Å². The molecule has 0 aliphatic carbocycles. The van der Waals surface area contributed by atoms with Crippen molar-refractivity contribution in [2.45, 2.75) is 6.92 Å². The van der Waals surface area contributed by atoms with Crippen molar-refractivity contribution < 1.29 is 4.79 Å². The van der Waals surface area contributed by atoms with Crippen molar-refractivity contribution in [2.24, 2.45) is 0 Å². The van der Waals surface area contributed by atoms with Crippen LogP contribution in [0.25, 0.3) is 0 Å². The highest BCUT2D eigenvalue weighted by Gasteiger charge is 2.07. The Bertz CT molecular complexity index is 351. The van der Waals surface area contributed by atoms with E-state index in [0.29, 0.717) is 18.1 Å². The number of rotatable bonds is 6. The Kier molecular flexibility index (Phi) is 5.35. The quantitative estimate of drug-likeness (QED) is 0.739. The fraction of sp³-hybridized carbons (Fsp3) is 0.545. The smallest absolute Gasteiger partial charge is 0.271 e. The highest BCUT2D eigenvalue weighted by Crippen LogP contribution is 2.00. The van der Waals surface area contributed by atoms with Crippen LogP contribution in [0.4, 0.5) is 5.82 Å². The molecule has 0 aromatic carbocycles. The molecule has 1 rings (SSSR count). The van der Waals surface area contributed by atoms with Crippen LogP contribution in [0.2, 0.25) is 0 Å². The molecule has 0 radical (unpaired) electrons. The monoisotopic (exact) mass is 237 g/mol. The molecule has 94 valence electrons. The van der Waals surface area contributed by atoms with Gasteiger partial charge >= 0.3 is 0 Å². The first-order chi connectivity index (χ1) is 8.17. The van der Waals surface area contributed by atoms with Crippen molar-refractivity contribution in [1.82, 2.24) is 20.4 Å². The van der Waals surface area contributed by atoms with Crippen molar-refractivity contribution in [3.05, 3.63) is 17.8 Å². The molecule has 6 heteroatoms.